The summed E-state index contributed by atoms with van der Waals surface area (Å²) < 4.78 is 0. The molecule has 1 N–H and O–H groups in total. The summed E-state index contributed by atoms with van der Waals surface area (Å²) in [6.07, 6.45) is 5.64. The Labute approximate surface area is 122 Å². The summed E-state index contributed by atoms with van der Waals surface area (Å²) in [5.74, 6) is 0.838. The summed E-state index contributed by atoms with van der Waals surface area (Å²) >= 11 is 0. The highest BCUT2D eigenvalue weighted by Gasteiger charge is 2.27. The van der Waals surface area contributed by atoms with Crippen LogP contribution in [0.15, 0.2) is 30.3 Å². The van der Waals surface area contributed by atoms with Gasteiger partial charge < -0.3 is 10.2 Å². The van der Waals surface area contributed by atoms with Gasteiger partial charge in [-0.15, -0.1) is 0 Å². The third-order valence-electron chi connectivity index (χ3n) is 4.63. The first kappa shape index (κ1) is 15.0. The number of piperidine rings is 1. The van der Waals surface area contributed by atoms with Gasteiger partial charge in [0.1, 0.15) is 0 Å². The van der Waals surface area contributed by atoms with Crippen LogP contribution >= 0.6 is 0 Å². The quantitative estimate of drug-likeness (QED) is 0.809. The largest absolute Gasteiger partial charge is 0.352 e. The molecular weight excluding hydrogens is 248 g/mol. The van der Waals surface area contributed by atoms with Gasteiger partial charge >= 0.3 is 0 Å². The molecule has 110 valence electrons. The Kier molecular flexibility index (Phi) is 5.60. The Hall–Kier alpha value is -1.35. The molecule has 3 atom stereocenters. The van der Waals surface area contributed by atoms with Crippen LogP contribution in [0.25, 0.3) is 0 Å². The Balaban J connectivity index is 2.00. The van der Waals surface area contributed by atoms with Crippen LogP contribution in [0.1, 0.15) is 44.2 Å². The van der Waals surface area contributed by atoms with Crippen molar-refractivity contribution in [3.05, 3.63) is 35.9 Å². The smallest absolute Gasteiger partial charge is 0.207 e. The second-order valence-electron chi connectivity index (χ2n) is 5.93. The average Bonchev–Trinajstić information content (AvgIpc) is 2.49. The van der Waals surface area contributed by atoms with E-state index < -0.39 is 0 Å². The number of amides is 1. The molecule has 0 aromatic heterocycles. The standard InChI is InChI=1S/C17H26N2O/c1-3-14-9-10-16(19(2)12-14)11-17(18-13-20)15-7-5-4-6-8-15/h4-8,13-14,16-17H,3,9-12H2,1-2H3,(H,18,20). The summed E-state index contributed by atoms with van der Waals surface area (Å²) in [7, 11) is 2.22. The van der Waals surface area contributed by atoms with Gasteiger partial charge in [-0.1, -0.05) is 43.7 Å². The van der Waals surface area contributed by atoms with Crippen molar-refractivity contribution >= 4 is 6.41 Å². The van der Waals surface area contributed by atoms with Crippen LogP contribution in [0.2, 0.25) is 0 Å². The first-order chi connectivity index (χ1) is 9.74. The fourth-order valence-corrected chi connectivity index (χ4v) is 3.27. The highest BCUT2D eigenvalue weighted by molar-refractivity contribution is 5.47. The van der Waals surface area contributed by atoms with Gasteiger partial charge in [-0.25, -0.2) is 0 Å². The minimum absolute atomic E-state index is 0.124. The molecule has 20 heavy (non-hydrogen) atoms. The molecule has 1 aliphatic heterocycles. The van der Waals surface area contributed by atoms with E-state index >= 15 is 0 Å². The maximum atomic E-state index is 10.9. The van der Waals surface area contributed by atoms with Gasteiger partial charge in [-0.05, 0) is 37.8 Å². The van der Waals surface area contributed by atoms with E-state index in [1.165, 1.54) is 31.4 Å². The highest BCUT2D eigenvalue weighted by atomic mass is 16.1. The van der Waals surface area contributed by atoms with E-state index in [9.17, 15) is 4.79 Å². The molecule has 3 unspecified atom stereocenters. The number of hydrogen-bond donors (Lipinski definition) is 1. The van der Waals surface area contributed by atoms with Crippen molar-refractivity contribution in [3.8, 4) is 0 Å². The molecule has 1 amide bonds. The van der Waals surface area contributed by atoms with E-state index in [0.29, 0.717) is 6.04 Å². The Morgan fingerprint density at radius 1 is 1.35 bits per heavy atom. The second-order valence-corrected chi connectivity index (χ2v) is 5.93. The Bertz CT molecular complexity index is 407. The molecule has 3 nitrogen and oxygen atoms in total. The fraction of sp³-hybridized carbons (Fsp3) is 0.588. The van der Waals surface area contributed by atoms with E-state index in [1.807, 2.05) is 18.2 Å². The number of nitrogens with one attached hydrogen (secondary N) is 1. The zero-order chi connectivity index (χ0) is 14.4. The molecule has 1 aromatic carbocycles. The van der Waals surface area contributed by atoms with Crippen molar-refractivity contribution < 1.29 is 4.79 Å². The Morgan fingerprint density at radius 2 is 2.10 bits per heavy atom. The van der Waals surface area contributed by atoms with Crippen molar-refractivity contribution in [1.29, 1.82) is 0 Å². The number of benzene rings is 1. The molecule has 1 aliphatic rings. The van der Waals surface area contributed by atoms with Gasteiger partial charge in [-0.2, -0.15) is 0 Å². The van der Waals surface area contributed by atoms with Crippen molar-refractivity contribution in [1.82, 2.24) is 10.2 Å². The molecule has 0 aliphatic carbocycles. The third-order valence-corrected chi connectivity index (χ3v) is 4.63. The van der Waals surface area contributed by atoms with Crippen LogP contribution in [-0.2, 0) is 4.79 Å². The zero-order valence-corrected chi connectivity index (χ0v) is 12.6. The SMILES string of the molecule is CCC1CCC(CC(NC=O)c2ccccc2)N(C)C1. The molecule has 0 radical (unpaired) electrons. The topological polar surface area (TPSA) is 32.3 Å². The van der Waals surface area contributed by atoms with Gasteiger partial charge in [-0.3, -0.25) is 4.79 Å². The van der Waals surface area contributed by atoms with Gasteiger partial charge in [0, 0.05) is 12.6 Å². The molecule has 0 bridgehead atoms. The first-order valence-electron chi connectivity index (χ1n) is 7.69. The molecule has 1 heterocycles. The number of rotatable bonds is 6. The molecule has 1 saturated heterocycles. The molecule has 1 fully saturated rings. The predicted octanol–water partition coefficient (Wildman–Crippen LogP) is 2.98. The summed E-state index contributed by atoms with van der Waals surface area (Å²) in [6.45, 7) is 3.46. The second kappa shape index (κ2) is 7.44. The van der Waals surface area contributed by atoms with Gasteiger partial charge in [0.25, 0.3) is 0 Å². The van der Waals surface area contributed by atoms with Crippen molar-refractivity contribution in [2.75, 3.05) is 13.6 Å². The van der Waals surface area contributed by atoms with Gasteiger partial charge in [0.05, 0.1) is 6.04 Å². The summed E-state index contributed by atoms with van der Waals surface area (Å²) in [5, 5.41) is 2.98. The predicted molar refractivity (Wildman–Crippen MR) is 82.4 cm³/mol. The zero-order valence-electron chi connectivity index (χ0n) is 12.6. The summed E-state index contributed by atoms with van der Waals surface area (Å²) in [4.78, 5) is 13.4. The number of nitrogens with zero attached hydrogens (tertiary/aromatic N) is 1. The van der Waals surface area contributed by atoms with E-state index in [2.05, 4.69) is 36.3 Å². The minimum Gasteiger partial charge on any atom is -0.352 e. The maximum absolute atomic E-state index is 10.9. The highest BCUT2D eigenvalue weighted by Crippen LogP contribution is 2.29. The lowest BCUT2D eigenvalue weighted by atomic mass is 9.87. The van der Waals surface area contributed by atoms with Crippen molar-refractivity contribution in [2.45, 2.75) is 44.7 Å². The third kappa shape index (κ3) is 3.83. The lowest BCUT2D eigenvalue weighted by Crippen LogP contribution is -2.42. The fourth-order valence-electron chi connectivity index (χ4n) is 3.27. The lowest BCUT2D eigenvalue weighted by Gasteiger charge is -2.38. The number of carbonyl (C=O) groups excluding carboxylic acids is 1. The first-order valence-corrected chi connectivity index (χ1v) is 7.69. The number of likely N-dealkylation sites (tertiary alicyclic amines) is 1. The maximum Gasteiger partial charge on any atom is 0.207 e. The molecule has 0 spiro atoms. The van der Waals surface area contributed by atoms with Crippen LogP contribution in [0.4, 0.5) is 0 Å². The lowest BCUT2D eigenvalue weighted by molar-refractivity contribution is -0.110. The summed E-state index contributed by atoms with van der Waals surface area (Å²) in [6, 6.07) is 11.0. The van der Waals surface area contributed by atoms with Crippen LogP contribution in [-0.4, -0.2) is 30.9 Å². The molecule has 1 aromatic rings. The molecular formula is C17H26N2O. The number of carbonyl (C=O) groups is 1. The number of hydrogen-bond acceptors (Lipinski definition) is 2. The van der Waals surface area contributed by atoms with Crippen molar-refractivity contribution in [2.24, 2.45) is 5.92 Å². The van der Waals surface area contributed by atoms with Crippen LogP contribution in [0, 0.1) is 5.92 Å². The van der Waals surface area contributed by atoms with Crippen LogP contribution < -0.4 is 5.32 Å². The molecule has 0 saturated carbocycles. The van der Waals surface area contributed by atoms with Gasteiger partial charge in [0.2, 0.25) is 6.41 Å². The van der Waals surface area contributed by atoms with Gasteiger partial charge in [0.15, 0.2) is 0 Å². The van der Waals surface area contributed by atoms with E-state index in [-0.39, 0.29) is 6.04 Å². The normalized spacial score (nSPS) is 25.1. The summed E-state index contributed by atoms with van der Waals surface area (Å²) in [5.41, 5.74) is 1.20. The van der Waals surface area contributed by atoms with Crippen molar-refractivity contribution in [3.63, 3.8) is 0 Å². The average molecular weight is 274 g/mol. The van der Waals surface area contributed by atoms with E-state index in [1.54, 1.807) is 0 Å². The molecule has 2 rings (SSSR count). The minimum atomic E-state index is 0.124. The van der Waals surface area contributed by atoms with Crippen LogP contribution in [0.3, 0.4) is 0 Å². The van der Waals surface area contributed by atoms with Crippen LogP contribution in [0.5, 0.6) is 0 Å². The van der Waals surface area contributed by atoms with E-state index in [0.717, 1.165) is 18.7 Å². The monoisotopic (exact) mass is 274 g/mol. The Morgan fingerprint density at radius 3 is 2.70 bits per heavy atom. The molecule has 3 heteroatoms. The van der Waals surface area contributed by atoms with E-state index in [4.69, 9.17) is 0 Å².